The molecule has 1 heterocycles. The van der Waals surface area contributed by atoms with Crippen LogP contribution in [0.4, 0.5) is 4.79 Å². The van der Waals surface area contributed by atoms with Crippen LogP contribution in [0.5, 0.6) is 0 Å². The van der Waals surface area contributed by atoms with E-state index in [4.69, 9.17) is 0 Å². The molecule has 0 bridgehead atoms. The summed E-state index contributed by atoms with van der Waals surface area (Å²) in [7, 11) is 0. The van der Waals surface area contributed by atoms with Gasteiger partial charge in [-0.1, -0.05) is 31.2 Å². The van der Waals surface area contributed by atoms with E-state index in [0.29, 0.717) is 17.3 Å². The molecule has 0 saturated carbocycles. The van der Waals surface area contributed by atoms with Gasteiger partial charge in [0.2, 0.25) is 5.91 Å². The van der Waals surface area contributed by atoms with E-state index in [9.17, 15) is 14.4 Å². The van der Waals surface area contributed by atoms with Gasteiger partial charge in [0.25, 0.3) is 5.56 Å². The Morgan fingerprint density at radius 3 is 2.95 bits per heavy atom. The zero-order valence-electron chi connectivity index (χ0n) is 11.8. The number of hydrogen-bond acceptors (Lipinski definition) is 5. The van der Waals surface area contributed by atoms with Gasteiger partial charge in [0.1, 0.15) is 0 Å². The molecule has 8 heteroatoms. The zero-order chi connectivity index (χ0) is 15.7. The standard InChI is InChI=1S/C13H18N4O3S/c1-3-5-9-7-10(18)17-13(15-9)21-8-11(19)16-12(20)14-6-4-2/h4,7H,2-3,5-6,8H2,1H3,(H,15,17,18)(H2,14,16,19,20). The highest BCUT2D eigenvalue weighted by Crippen LogP contribution is 2.11. The topological polar surface area (TPSA) is 104 Å². The Hall–Kier alpha value is -2.09. The molecule has 0 aromatic carbocycles. The maximum absolute atomic E-state index is 11.5. The third kappa shape index (κ3) is 6.75. The predicted molar refractivity (Wildman–Crippen MR) is 81.3 cm³/mol. The lowest BCUT2D eigenvalue weighted by Gasteiger charge is -2.05. The number of thioether (sulfide) groups is 1. The van der Waals surface area contributed by atoms with E-state index in [0.717, 1.165) is 18.2 Å². The third-order valence-electron chi connectivity index (χ3n) is 2.28. The van der Waals surface area contributed by atoms with Gasteiger partial charge in [0.05, 0.1) is 5.75 Å². The van der Waals surface area contributed by atoms with Crippen molar-refractivity contribution in [3.63, 3.8) is 0 Å². The largest absolute Gasteiger partial charge is 0.334 e. The number of imide groups is 1. The molecular weight excluding hydrogens is 292 g/mol. The number of H-pyrrole nitrogens is 1. The van der Waals surface area contributed by atoms with Crippen molar-refractivity contribution < 1.29 is 9.59 Å². The van der Waals surface area contributed by atoms with E-state index in [1.165, 1.54) is 12.1 Å². The van der Waals surface area contributed by atoms with Gasteiger partial charge >= 0.3 is 6.03 Å². The Morgan fingerprint density at radius 1 is 1.52 bits per heavy atom. The second-order valence-corrected chi connectivity index (χ2v) is 5.09. The minimum atomic E-state index is -0.582. The first-order chi connectivity index (χ1) is 10.0. The number of hydrogen-bond donors (Lipinski definition) is 3. The summed E-state index contributed by atoms with van der Waals surface area (Å²) in [6.07, 6.45) is 3.09. The minimum Gasteiger partial charge on any atom is -0.334 e. The summed E-state index contributed by atoms with van der Waals surface area (Å²) >= 11 is 1.07. The Morgan fingerprint density at radius 2 is 2.29 bits per heavy atom. The molecule has 21 heavy (non-hydrogen) atoms. The minimum absolute atomic E-state index is 0.0139. The van der Waals surface area contributed by atoms with Gasteiger partial charge in [-0.05, 0) is 6.42 Å². The fourth-order valence-electron chi connectivity index (χ4n) is 1.44. The lowest BCUT2D eigenvalue weighted by atomic mass is 10.2. The molecule has 114 valence electrons. The van der Waals surface area contributed by atoms with Gasteiger partial charge in [-0.3, -0.25) is 14.9 Å². The Bertz CT molecular complexity index is 571. The fourth-order valence-corrected chi connectivity index (χ4v) is 2.14. The number of amides is 3. The van der Waals surface area contributed by atoms with Gasteiger partial charge in [-0.25, -0.2) is 9.78 Å². The SMILES string of the molecule is C=CCNC(=O)NC(=O)CSc1nc(CCC)cc(=O)[nH]1. The molecule has 0 aliphatic heterocycles. The quantitative estimate of drug-likeness (QED) is 0.393. The predicted octanol–water partition coefficient (Wildman–Crippen LogP) is 0.826. The van der Waals surface area contributed by atoms with Crippen LogP contribution in [-0.4, -0.2) is 34.2 Å². The van der Waals surface area contributed by atoms with Crippen LogP contribution < -0.4 is 16.2 Å². The Balaban J connectivity index is 2.51. The van der Waals surface area contributed by atoms with E-state index >= 15 is 0 Å². The van der Waals surface area contributed by atoms with Gasteiger partial charge in [-0.15, -0.1) is 6.58 Å². The molecule has 0 saturated heterocycles. The van der Waals surface area contributed by atoms with Crippen LogP contribution in [0.1, 0.15) is 19.0 Å². The highest BCUT2D eigenvalue weighted by atomic mass is 32.2. The van der Waals surface area contributed by atoms with Crippen molar-refractivity contribution in [2.45, 2.75) is 24.9 Å². The summed E-state index contributed by atoms with van der Waals surface area (Å²) in [6.45, 7) is 5.71. The van der Waals surface area contributed by atoms with E-state index < -0.39 is 11.9 Å². The number of aromatic amines is 1. The molecule has 0 aliphatic rings. The summed E-state index contributed by atoms with van der Waals surface area (Å²) in [4.78, 5) is 41.0. The van der Waals surface area contributed by atoms with Crippen LogP contribution in [-0.2, 0) is 11.2 Å². The third-order valence-corrected chi connectivity index (χ3v) is 3.15. The number of nitrogens with zero attached hydrogens (tertiary/aromatic N) is 1. The highest BCUT2D eigenvalue weighted by Gasteiger charge is 2.09. The number of rotatable bonds is 7. The van der Waals surface area contributed by atoms with Gasteiger partial charge in [0, 0.05) is 18.3 Å². The monoisotopic (exact) mass is 310 g/mol. The number of aromatic nitrogens is 2. The van der Waals surface area contributed by atoms with Crippen molar-refractivity contribution in [2.75, 3.05) is 12.3 Å². The number of aryl methyl sites for hydroxylation is 1. The molecule has 0 fully saturated rings. The average molecular weight is 310 g/mol. The van der Waals surface area contributed by atoms with Crippen LogP contribution in [0.3, 0.4) is 0 Å². The van der Waals surface area contributed by atoms with Crippen LogP contribution in [0.2, 0.25) is 0 Å². The number of carbonyl (C=O) groups excluding carboxylic acids is 2. The van der Waals surface area contributed by atoms with Gasteiger partial charge < -0.3 is 10.3 Å². The maximum atomic E-state index is 11.5. The first kappa shape index (κ1) is 17.0. The Labute approximate surface area is 126 Å². The van der Waals surface area contributed by atoms with Crippen LogP contribution in [0.15, 0.2) is 28.7 Å². The summed E-state index contributed by atoms with van der Waals surface area (Å²) in [6, 6.07) is 0.859. The molecule has 0 aliphatic carbocycles. The van der Waals surface area contributed by atoms with Crippen LogP contribution in [0, 0.1) is 0 Å². The maximum Gasteiger partial charge on any atom is 0.321 e. The molecule has 3 amide bonds. The van der Waals surface area contributed by atoms with Gasteiger partial charge in [0.15, 0.2) is 5.16 Å². The fraction of sp³-hybridized carbons (Fsp3) is 0.385. The molecular formula is C13H18N4O3S. The summed E-state index contributed by atoms with van der Waals surface area (Å²) < 4.78 is 0. The van der Waals surface area contributed by atoms with E-state index in [1.807, 2.05) is 6.92 Å². The van der Waals surface area contributed by atoms with Crippen molar-refractivity contribution in [1.82, 2.24) is 20.6 Å². The van der Waals surface area contributed by atoms with Crippen LogP contribution >= 0.6 is 11.8 Å². The smallest absolute Gasteiger partial charge is 0.321 e. The molecule has 1 aromatic heterocycles. The zero-order valence-corrected chi connectivity index (χ0v) is 12.6. The van der Waals surface area contributed by atoms with Crippen molar-refractivity contribution in [1.29, 1.82) is 0 Å². The summed E-state index contributed by atoms with van der Waals surface area (Å²) in [5.41, 5.74) is 0.438. The molecule has 1 aromatic rings. The van der Waals surface area contributed by atoms with E-state index in [-0.39, 0.29) is 17.9 Å². The number of nitrogens with one attached hydrogen (secondary N) is 3. The molecule has 0 atom stereocenters. The molecule has 1 rings (SSSR count). The average Bonchev–Trinajstić information content (AvgIpc) is 2.43. The molecule has 3 N–H and O–H groups in total. The number of urea groups is 1. The molecule has 0 unspecified atom stereocenters. The van der Waals surface area contributed by atoms with Crippen molar-refractivity contribution in [3.05, 3.63) is 34.8 Å². The first-order valence-electron chi connectivity index (χ1n) is 6.46. The van der Waals surface area contributed by atoms with Crippen molar-refractivity contribution in [3.8, 4) is 0 Å². The Kier molecular flexibility index (Phi) is 7.24. The van der Waals surface area contributed by atoms with Gasteiger partial charge in [-0.2, -0.15) is 0 Å². The number of carbonyl (C=O) groups is 2. The van der Waals surface area contributed by atoms with Crippen molar-refractivity contribution >= 4 is 23.7 Å². The first-order valence-corrected chi connectivity index (χ1v) is 7.45. The lowest BCUT2D eigenvalue weighted by Crippen LogP contribution is -2.40. The normalized spacial score (nSPS) is 9.95. The highest BCUT2D eigenvalue weighted by molar-refractivity contribution is 7.99. The molecule has 7 nitrogen and oxygen atoms in total. The summed E-state index contributed by atoms with van der Waals surface area (Å²) in [5, 5.41) is 4.95. The summed E-state index contributed by atoms with van der Waals surface area (Å²) in [5.74, 6) is -0.481. The van der Waals surface area contributed by atoms with E-state index in [2.05, 4.69) is 27.2 Å². The molecule has 0 spiro atoms. The second-order valence-electron chi connectivity index (χ2n) is 4.13. The molecule has 0 radical (unpaired) electrons. The van der Waals surface area contributed by atoms with E-state index in [1.54, 1.807) is 0 Å². The lowest BCUT2D eigenvalue weighted by molar-refractivity contribution is -0.117. The van der Waals surface area contributed by atoms with Crippen LogP contribution in [0.25, 0.3) is 0 Å². The second kappa shape index (κ2) is 8.96. The van der Waals surface area contributed by atoms with Crippen molar-refractivity contribution in [2.24, 2.45) is 0 Å².